The van der Waals surface area contributed by atoms with Crippen molar-refractivity contribution < 1.29 is 18.4 Å². The highest BCUT2D eigenvalue weighted by Gasteiger charge is 2.28. The zero-order valence-corrected chi connectivity index (χ0v) is 21.4. The molecule has 2 heterocycles. The van der Waals surface area contributed by atoms with Gasteiger partial charge in [0.05, 0.1) is 11.3 Å². The number of urea groups is 1. The number of hydrogen-bond donors (Lipinski definition) is 1. The normalized spacial score (nSPS) is 13.5. The average molecular weight is 535 g/mol. The molecule has 0 unspecified atom stereocenters. The van der Waals surface area contributed by atoms with Crippen molar-refractivity contribution in [3.63, 3.8) is 0 Å². The summed E-state index contributed by atoms with van der Waals surface area (Å²) in [6.07, 6.45) is 0. The van der Waals surface area contributed by atoms with Crippen molar-refractivity contribution in [3.05, 3.63) is 107 Å². The van der Waals surface area contributed by atoms with Crippen molar-refractivity contribution in [1.29, 1.82) is 0 Å². The molecule has 3 aromatic carbocycles. The van der Waals surface area contributed by atoms with Crippen molar-refractivity contribution in [2.45, 2.75) is 6.92 Å². The molecule has 0 bridgehead atoms. The lowest BCUT2D eigenvalue weighted by atomic mass is 10.1. The molecule has 38 heavy (non-hydrogen) atoms. The molecule has 0 saturated carbocycles. The first kappa shape index (κ1) is 25.5. The van der Waals surface area contributed by atoms with E-state index < -0.39 is 5.82 Å². The smallest absolute Gasteiger partial charge is 0.321 e. The summed E-state index contributed by atoms with van der Waals surface area (Å²) in [4.78, 5) is 29.6. The van der Waals surface area contributed by atoms with Gasteiger partial charge in [0, 0.05) is 48.3 Å². The minimum absolute atomic E-state index is 0.168. The molecule has 0 spiro atoms. The molecule has 5 rings (SSSR count). The topological polar surface area (TPSA) is 57.6 Å². The maximum Gasteiger partial charge on any atom is 0.321 e. The van der Waals surface area contributed by atoms with E-state index in [9.17, 15) is 18.4 Å². The summed E-state index contributed by atoms with van der Waals surface area (Å²) < 4.78 is 29.4. The van der Waals surface area contributed by atoms with E-state index in [2.05, 4.69) is 5.32 Å². The molecule has 9 heteroatoms. The van der Waals surface area contributed by atoms with Gasteiger partial charge >= 0.3 is 6.03 Å². The number of nitrogens with zero attached hydrogens (tertiary/aromatic N) is 3. The van der Waals surface area contributed by atoms with Gasteiger partial charge in [0.2, 0.25) is 0 Å². The highest BCUT2D eigenvalue weighted by atomic mass is 35.5. The second-order valence-electron chi connectivity index (χ2n) is 9.07. The fourth-order valence-electron chi connectivity index (χ4n) is 4.66. The molecule has 4 aromatic rings. The number of piperazine rings is 1. The quantitative estimate of drug-likeness (QED) is 0.330. The van der Waals surface area contributed by atoms with Gasteiger partial charge in [-0.25, -0.2) is 13.6 Å². The Morgan fingerprint density at radius 3 is 2.11 bits per heavy atom. The lowest BCUT2D eigenvalue weighted by Gasteiger charge is -2.34. The maximum atomic E-state index is 14.1. The summed E-state index contributed by atoms with van der Waals surface area (Å²) in [7, 11) is 0. The van der Waals surface area contributed by atoms with Crippen LogP contribution in [-0.2, 0) is 0 Å². The van der Waals surface area contributed by atoms with E-state index in [-0.39, 0.29) is 17.8 Å². The van der Waals surface area contributed by atoms with Gasteiger partial charge in [0.15, 0.2) is 0 Å². The number of amides is 3. The predicted octanol–water partition coefficient (Wildman–Crippen LogP) is 6.37. The van der Waals surface area contributed by atoms with Crippen molar-refractivity contribution in [1.82, 2.24) is 14.4 Å². The third-order valence-electron chi connectivity index (χ3n) is 6.61. The second-order valence-corrected chi connectivity index (χ2v) is 9.51. The van der Waals surface area contributed by atoms with E-state index in [1.165, 1.54) is 30.3 Å². The van der Waals surface area contributed by atoms with Gasteiger partial charge in [-0.3, -0.25) is 4.79 Å². The van der Waals surface area contributed by atoms with E-state index in [1.54, 1.807) is 40.1 Å². The Morgan fingerprint density at radius 2 is 1.45 bits per heavy atom. The van der Waals surface area contributed by atoms with Gasteiger partial charge in [-0.1, -0.05) is 35.9 Å². The number of hydrogen-bond acceptors (Lipinski definition) is 2. The Hall–Kier alpha value is -4.17. The summed E-state index contributed by atoms with van der Waals surface area (Å²) in [6.45, 7) is 3.19. The summed E-state index contributed by atoms with van der Waals surface area (Å²) in [6, 6.07) is 20.6. The van der Waals surface area contributed by atoms with Crippen LogP contribution in [0.15, 0.2) is 78.9 Å². The SMILES string of the molecule is Cc1c(C(=O)N2CCN(C(=O)Nc3cccc(F)c3)CC2)cc(-c2ccc(Cl)cc2)n1-c1cccc(F)c1. The first-order chi connectivity index (χ1) is 18.3. The fourth-order valence-corrected chi connectivity index (χ4v) is 4.78. The number of benzene rings is 3. The van der Waals surface area contributed by atoms with E-state index in [0.29, 0.717) is 53.8 Å². The molecule has 0 radical (unpaired) electrons. The van der Waals surface area contributed by atoms with Crippen LogP contribution < -0.4 is 5.32 Å². The molecule has 1 aliphatic rings. The van der Waals surface area contributed by atoms with Crippen LogP contribution in [0.25, 0.3) is 16.9 Å². The van der Waals surface area contributed by atoms with Crippen LogP contribution in [0.2, 0.25) is 5.02 Å². The molecule has 1 fully saturated rings. The van der Waals surface area contributed by atoms with Gasteiger partial charge in [0.25, 0.3) is 5.91 Å². The van der Waals surface area contributed by atoms with Crippen molar-refractivity contribution in [2.75, 3.05) is 31.5 Å². The zero-order chi connectivity index (χ0) is 26.8. The van der Waals surface area contributed by atoms with Crippen LogP contribution in [0.1, 0.15) is 16.1 Å². The zero-order valence-electron chi connectivity index (χ0n) is 20.6. The number of rotatable bonds is 4. The molecule has 1 saturated heterocycles. The monoisotopic (exact) mass is 534 g/mol. The lowest BCUT2D eigenvalue weighted by Crippen LogP contribution is -2.51. The van der Waals surface area contributed by atoms with Gasteiger partial charge in [-0.2, -0.15) is 0 Å². The Kier molecular flexibility index (Phi) is 7.15. The highest BCUT2D eigenvalue weighted by Crippen LogP contribution is 2.31. The Bertz CT molecular complexity index is 1490. The Balaban J connectivity index is 1.37. The molecule has 6 nitrogen and oxygen atoms in total. The first-order valence-electron chi connectivity index (χ1n) is 12.1. The highest BCUT2D eigenvalue weighted by molar-refractivity contribution is 6.30. The van der Waals surface area contributed by atoms with Crippen LogP contribution in [0.5, 0.6) is 0 Å². The van der Waals surface area contributed by atoms with Gasteiger partial charge in [-0.15, -0.1) is 0 Å². The summed E-state index contributed by atoms with van der Waals surface area (Å²) in [5.41, 5.74) is 3.72. The van der Waals surface area contributed by atoms with E-state index >= 15 is 0 Å². The van der Waals surface area contributed by atoms with Gasteiger partial charge < -0.3 is 19.7 Å². The Labute approximate surface area is 224 Å². The molecule has 1 aromatic heterocycles. The molecular weight excluding hydrogens is 510 g/mol. The van der Waals surface area contributed by atoms with Crippen LogP contribution in [-0.4, -0.2) is 52.5 Å². The number of anilines is 1. The van der Waals surface area contributed by atoms with Crippen LogP contribution >= 0.6 is 11.6 Å². The summed E-state index contributed by atoms with van der Waals surface area (Å²) in [5.74, 6) is -0.979. The standard InChI is InChI=1S/C29H25ClF2N4O2/c1-19-26(18-27(20-8-10-21(30)11-9-20)36(19)25-7-3-5-23(32)17-25)28(37)34-12-14-35(15-13-34)29(38)33-24-6-2-4-22(31)16-24/h2-11,16-18H,12-15H2,1H3,(H,33,38). The first-order valence-corrected chi connectivity index (χ1v) is 12.5. The number of carbonyl (C=O) groups excluding carboxylic acids is 2. The van der Waals surface area contributed by atoms with E-state index in [4.69, 9.17) is 11.6 Å². The van der Waals surface area contributed by atoms with Crippen molar-refractivity contribution in [2.24, 2.45) is 0 Å². The molecule has 1 N–H and O–H groups in total. The van der Waals surface area contributed by atoms with Crippen LogP contribution in [0.3, 0.4) is 0 Å². The number of halogens is 3. The van der Waals surface area contributed by atoms with Gasteiger partial charge in [0.1, 0.15) is 11.6 Å². The maximum absolute atomic E-state index is 14.1. The number of aromatic nitrogens is 1. The van der Waals surface area contributed by atoms with Crippen LogP contribution in [0, 0.1) is 18.6 Å². The van der Waals surface area contributed by atoms with E-state index in [1.807, 2.05) is 29.7 Å². The number of carbonyl (C=O) groups is 2. The molecule has 194 valence electrons. The van der Waals surface area contributed by atoms with Crippen molar-refractivity contribution >= 4 is 29.2 Å². The third-order valence-corrected chi connectivity index (χ3v) is 6.87. The average Bonchev–Trinajstić information content (AvgIpc) is 3.25. The van der Waals surface area contributed by atoms with Gasteiger partial charge in [-0.05, 0) is 67.1 Å². The second kappa shape index (κ2) is 10.7. The molecule has 3 amide bonds. The minimum Gasteiger partial charge on any atom is -0.335 e. The molecular formula is C29H25ClF2N4O2. The minimum atomic E-state index is -0.434. The summed E-state index contributed by atoms with van der Waals surface area (Å²) >= 11 is 6.09. The lowest BCUT2D eigenvalue weighted by molar-refractivity contribution is 0.0671. The fraction of sp³-hybridized carbons (Fsp3) is 0.172. The van der Waals surface area contributed by atoms with Crippen molar-refractivity contribution in [3.8, 4) is 16.9 Å². The van der Waals surface area contributed by atoms with E-state index in [0.717, 1.165) is 11.3 Å². The Morgan fingerprint density at radius 1 is 0.816 bits per heavy atom. The molecule has 1 aliphatic heterocycles. The largest absolute Gasteiger partial charge is 0.335 e. The summed E-state index contributed by atoms with van der Waals surface area (Å²) in [5, 5.41) is 3.28. The third kappa shape index (κ3) is 5.26. The molecule has 0 aliphatic carbocycles. The number of nitrogens with one attached hydrogen (secondary N) is 1. The molecule has 0 atom stereocenters. The van der Waals surface area contributed by atoms with Crippen LogP contribution in [0.4, 0.5) is 19.3 Å². The predicted molar refractivity (Wildman–Crippen MR) is 144 cm³/mol.